The van der Waals surface area contributed by atoms with Crippen LogP contribution < -0.4 is 0 Å². The molecule has 0 atom stereocenters. The molecule has 0 radical (unpaired) electrons. The average Bonchev–Trinajstić information content (AvgIpc) is 1.85. The molecule has 0 rings (SSSR count). The van der Waals surface area contributed by atoms with Gasteiger partial charge in [0.25, 0.3) is 0 Å². The molecule has 0 aromatic rings. The zero-order valence-electron chi connectivity index (χ0n) is 5.76. The Bertz CT molecular complexity index is 141. The van der Waals surface area contributed by atoms with E-state index in [4.69, 9.17) is 11.6 Å². The zero-order valence-corrected chi connectivity index (χ0v) is 6.52. The van der Waals surface area contributed by atoms with Crippen molar-refractivity contribution >= 4 is 11.6 Å². The summed E-state index contributed by atoms with van der Waals surface area (Å²) in [7, 11) is 0. The van der Waals surface area contributed by atoms with Gasteiger partial charge in [0, 0.05) is 5.54 Å². The molecule has 1 heteroatoms. The summed E-state index contributed by atoms with van der Waals surface area (Å²) in [6.07, 6.45) is 7.80. The maximum absolute atomic E-state index is 5.33. The quantitative estimate of drug-likeness (QED) is 0.520. The number of rotatable bonds is 2. The summed E-state index contributed by atoms with van der Waals surface area (Å²) in [5, 5.41) is 0. The van der Waals surface area contributed by atoms with E-state index in [0.29, 0.717) is 0 Å². The molecule has 0 aromatic heterocycles. The van der Waals surface area contributed by atoms with Gasteiger partial charge in [0.2, 0.25) is 0 Å². The highest BCUT2D eigenvalue weighted by Crippen LogP contribution is 1.95. The van der Waals surface area contributed by atoms with E-state index in [9.17, 15) is 0 Å². The molecule has 50 valence electrons. The van der Waals surface area contributed by atoms with Crippen molar-refractivity contribution in [3.8, 4) is 0 Å². The minimum Gasteiger partial charge on any atom is -0.0929 e. The van der Waals surface area contributed by atoms with Crippen LogP contribution in [0.15, 0.2) is 35.4 Å². The first-order valence-electron chi connectivity index (χ1n) is 2.87. The van der Waals surface area contributed by atoms with Crippen molar-refractivity contribution in [1.82, 2.24) is 0 Å². The molecule has 0 aliphatic rings. The van der Waals surface area contributed by atoms with Crippen molar-refractivity contribution in [2.45, 2.75) is 13.8 Å². The summed E-state index contributed by atoms with van der Waals surface area (Å²) in [4.78, 5) is 0. The summed E-state index contributed by atoms with van der Waals surface area (Å²) in [5.41, 5.74) is 2.66. The van der Waals surface area contributed by atoms with Gasteiger partial charge in [0.15, 0.2) is 0 Å². The lowest BCUT2D eigenvalue weighted by atomic mass is 10.3. The Hall–Kier alpha value is -0.490. The number of halogens is 1. The Morgan fingerprint density at radius 2 is 2.11 bits per heavy atom. The molecule has 0 bridgehead atoms. The van der Waals surface area contributed by atoms with E-state index in [2.05, 4.69) is 0 Å². The van der Waals surface area contributed by atoms with Gasteiger partial charge in [-0.25, -0.2) is 0 Å². The smallest absolute Gasteiger partial charge is 0.00450 e. The van der Waals surface area contributed by atoms with E-state index in [0.717, 1.165) is 5.57 Å². The van der Waals surface area contributed by atoms with E-state index in [1.165, 1.54) is 5.54 Å². The van der Waals surface area contributed by atoms with Gasteiger partial charge in [-0.15, -0.1) is 0 Å². The van der Waals surface area contributed by atoms with Crippen LogP contribution in [0.5, 0.6) is 0 Å². The van der Waals surface area contributed by atoms with Gasteiger partial charge >= 0.3 is 0 Å². The second kappa shape index (κ2) is 5.64. The van der Waals surface area contributed by atoms with Crippen molar-refractivity contribution in [2.75, 3.05) is 0 Å². The Labute approximate surface area is 61.5 Å². The molecule has 0 fully saturated rings. The largest absolute Gasteiger partial charge is 0.0929 e. The molecule has 0 aliphatic carbocycles. The predicted molar refractivity (Wildman–Crippen MR) is 43.6 cm³/mol. The molecule has 0 heterocycles. The van der Waals surface area contributed by atoms with Crippen molar-refractivity contribution in [2.24, 2.45) is 0 Å². The average molecular weight is 143 g/mol. The molecular formula is C8H11Cl. The van der Waals surface area contributed by atoms with Crippen molar-refractivity contribution in [1.29, 1.82) is 0 Å². The lowest BCUT2D eigenvalue weighted by molar-refractivity contribution is 1.52. The van der Waals surface area contributed by atoms with Gasteiger partial charge in [-0.05, 0) is 19.9 Å². The molecule has 0 amide bonds. The highest BCUT2D eigenvalue weighted by Gasteiger charge is 1.73. The van der Waals surface area contributed by atoms with Crippen LogP contribution in [0.1, 0.15) is 13.8 Å². The fraction of sp³-hybridized carbons (Fsp3) is 0.250. The molecule has 0 aliphatic heterocycles. The molecule has 0 saturated heterocycles. The van der Waals surface area contributed by atoms with Gasteiger partial charge in [0.05, 0.1) is 0 Å². The van der Waals surface area contributed by atoms with E-state index < -0.39 is 0 Å². The molecule has 0 aromatic carbocycles. The van der Waals surface area contributed by atoms with Gasteiger partial charge in [-0.2, -0.15) is 0 Å². The first-order chi connectivity index (χ1) is 4.31. The molecular weight excluding hydrogens is 132 g/mol. The number of hydrogen-bond acceptors (Lipinski definition) is 0. The van der Waals surface area contributed by atoms with Crippen LogP contribution in [-0.2, 0) is 0 Å². The third-order valence-electron chi connectivity index (χ3n) is 0.877. The van der Waals surface area contributed by atoms with E-state index in [-0.39, 0.29) is 0 Å². The number of hydrogen-bond donors (Lipinski definition) is 0. The van der Waals surface area contributed by atoms with E-state index in [1.54, 1.807) is 0 Å². The minimum atomic E-state index is 1.16. The van der Waals surface area contributed by atoms with E-state index in [1.807, 2.05) is 38.2 Å². The predicted octanol–water partition coefficient (Wildman–Crippen LogP) is 3.26. The fourth-order valence-electron chi connectivity index (χ4n) is 0.403. The van der Waals surface area contributed by atoms with Crippen molar-refractivity contribution < 1.29 is 0 Å². The summed E-state index contributed by atoms with van der Waals surface area (Å²) in [5.74, 6) is 0. The Morgan fingerprint density at radius 1 is 1.44 bits per heavy atom. The summed E-state index contributed by atoms with van der Waals surface area (Å²) < 4.78 is 0. The second-order valence-electron chi connectivity index (χ2n) is 1.73. The van der Waals surface area contributed by atoms with Crippen LogP contribution >= 0.6 is 11.6 Å². The fourth-order valence-corrected chi connectivity index (χ4v) is 0.602. The van der Waals surface area contributed by atoms with Crippen LogP contribution in [0.2, 0.25) is 0 Å². The van der Waals surface area contributed by atoms with Crippen LogP contribution in [-0.4, -0.2) is 0 Å². The first kappa shape index (κ1) is 8.51. The highest BCUT2D eigenvalue weighted by atomic mass is 35.5. The normalized spacial score (nSPS) is 13.9. The summed E-state index contributed by atoms with van der Waals surface area (Å²) in [6, 6.07) is 0. The molecule has 0 saturated carbocycles. The van der Waals surface area contributed by atoms with Crippen LogP contribution in [0.4, 0.5) is 0 Å². The van der Waals surface area contributed by atoms with Gasteiger partial charge in [-0.1, -0.05) is 35.4 Å². The second-order valence-corrected chi connectivity index (χ2v) is 1.98. The third kappa shape index (κ3) is 5.38. The maximum atomic E-state index is 5.33. The Kier molecular flexibility index (Phi) is 5.34. The van der Waals surface area contributed by atoms with Crippen LogP contribution in [0.3, 0.4) is 0 Å². The molecule has 0 nitrogen and oxygen atoms in total. The van der Waals surface area contributed by atoms with Crippen LogP contribution in [0.25, 0.3) is 0 Å². The summed E-state index contributed by atoms with van der Waals surface area (Å²) in [6.45, 7) is 3.98. The molecule has 0 spiro atoms. The molecule has 9 heavy (non-hydrogen) atoms. The Morgan fingerprint density at radius 3 is 2.56 bits per heavy atom. The third-order valence-corrected chi connectivity index (χ3v) is 1.00. The van der Waals surface area contributed by atoms with Gasteiger partial charge in [0.1, 0.15) is 0 Å². The van der Waals surface area contributed by atoms with Crippen molar-refractivity contribution in [3.05, 3.63) is 35.4 Å². The Balaban J connectivity index is 3.84. The number of allylic oxidation sites excluding steroid dienone is 5. The first-order valence-corrected chi connectivity index (χ1v) is 3.31. The van der Waals surface area contributed by atoms with Gasteiger partial charge in [-0.3, -0.25) is 0 Å². The minimum absolute atomic E-state index is 1.16. The highest BCUT2D eigenvalue weighted by molar-refractivity contribution is 6.25. The van der Waals surface area contributed by atoms with E-state index >= 15 is 0 Å². The summed E-state index contributed by atoms with van der Waals surface area (Å²) >= 11 is 5.33. The molecule has 0 unspecified atom stereocenters. The monoisotopic (exact) mass is 142 g/mol. The standard InChI is InChI=1S/C8H11Cl/c1-3-4-5-8(2)6-7-9/h3-7H,1-2H3/b4-3-,7-6+,8-5-. The van der Waals surface area contributed by atoms with Gasteiger partial charge < -0.3 is 0 Å². The van der Waals surface area contributed by atoms with Crippen molar-refractivity contribution in [3.63, 3.8) is 0 Å². The zero-order chi connectivity index (χ0) is 7.11. The topological polar surface area (TPSA) is 0 Å². The molecule has 0 N–H and O–H groups in total. The lowest BCUT2D eigenvalue weighted by Gasteiger charge is -1.83. The lowest BCUT2D eigenvalue weighted by Crippen LogP contribution is -1.61. The SMILES string of the molecule is C\C=C/C=C(C)\C=C\Cl. The van der Waals surface area contributed by atoms with Crippen LogP contribution in [0, 0.1) is 0 Å². The maximum Gasteiger partial charge on any atom is 0.00450 e.